The number of nitro groups is 1. The lowest BCUT2D eigenvalue weighted by Gasteiger charge is -2.04. The molecule has 0 unspecified atom stereocenters. The molecule has 24 heavy (non-hydrogen) atoms. The summed E-state index contributed by atoms with van der Waals surface area (Å²) in [6, 6.07) is 9.48. The van der Waals surface area contributed by atoms with Crippen LogP contribution in [0.15, 0.2) is 47.0 Å². The number of hydrogen-bond donors (Lipinski definition) is 0. The van der Waals surface area contributed by atoms with Crippen LogP contribution in [-0.2, 0) is 6.61 Å². The van der Waals surface area contributed by atoms with Gasteiger partial charge in [0.2, 0.25) is 5.82 Å². The molecule has 0 saturated carbocycles. The van der Waals surface area contributed by atoms with Crippen LogP contribution >= 0.6 is 11.6 Å². The molecule has 0 amide bonds. The minimum absolute atomic E-state index is 0.0638. The van der Waals surface area contributed by atoms with Gasteiger partial charge in [0.05, 0.1) is 9.95 Å². The summed E-state index contributed by atoms with van der Waals surface area (Å²) in [5.74, 6) is 0.370. The van der Waals surface area contributed by atoms with Gasteiger partial charge in [-0.1, -0.05) is 16.8 Å². The van der Waals surface area contributed by atoms with Crippen LogP contribution in [0, 0.1) is 15.9 Å². The number of nitro benzene ring substituents is 1. The Morgan fingerprint density at radius 3 is 2.67 bits per heavy atom. The van der Waals surface area contributed by atoms with Crippen molar-refractivity contribution in [2.24, 2.45) is 0 Å². The number of rotatable bonds is 5. The largest absolute Gasteiger partial charge is 0.482 e. The third-order valence-corrected chi connectivity index (χ3v) is 3.34. The van der Waals surface area contributed by atoms with Crippen molar-refractivity contribution in [1.82, 2.24) is 10.1 Å². The van der Waals surface area contributed by atoms with Crippen LogP contribution < -0.4 is 4.74 Å². The predicted octanol–water partition coefficient (Wildman–Crippen LogP) is 4.02. The zero-order chi connectivity index (χ0) is 17.1. The molecule has 0 radical (unpaired) electrons. The van der Waals surface area contributed by atoms with Gasteiger partial charge in [-0.25, -0.2) is 4.39 Å². The molecule has 0 spiro atoms. The monoisotopic (exact) mass is 349 g/mol. The first-order chi connectivity index (χ1) is 11.5. The van der Waals surface area contributed by atoms with Crippen molar-refractivity contribution in [2.75, 3.05) is 0 Å². The van der Waals surface area contributed by atoms with Gasteiger partial charge in [-0.05, 0) is 30.3 Å². The second-order valence-electron chi connectivity index (χ2n) is 4.68. The second kappa shape index (κ2) is 6.63. The molecule has 0 aliphatic rings. The van der Waals surface area contributed by atoms with Crippen LogP contribution in [0.1, 0.15) is 5.89 Å². The smallest absolute Gasteiger partial charge is 0.271 e. The maximum atomic E-state index is 12.9. The van der Waals surface area contributed by atoms with Crippen molar-refractivity contribution in [3.05, 3.63) is 69.3 Å². The molecule has 0 N–H and O–H groups in total. The Labute approximate surface area is 139 Å². The van der Waals surface area contributed by atoms with E-state index in [-0.39, 0.29) is 34.8 Å². The van der Waals surface area contributed by atoms with Crippen molar-refractivity contribution < 1.29 is 18.6 Å². The fourth-order valence-electron chi connectivity index (χ4n) is 1.89. The van der Waals surface area contributed by atoms with Crippen LogP contribution in [0.5, 0.6) is 5.75 Å². The first-order valence-electron chi connectivity index (χ1n) is 6.68. The third-order valence-electron chi connectivity index (χ3n) is 3.05. The van der Waals surface area contributed by atoms with E-state index in [0.29, 0.717) is 11.4 Å². The first kappa shape index (κ1) is 15.9. The highest BCUT2D eigenvalue weighted by Crippen LogP contribution is 2.29. The molecule has 122 valence electrons. The molecular formula is C15H9ClFN3O4. The highest BCUT2D eigenvalue weighted by molar-refractivity contribution is 6.32. The van der Waals surface area contributed by atoms with Gasteiger partial charge in [-0.3, -0.25) is 10.1 Å². The molecule has 3 aromatic rings. The predicted molar refractivity (Wildman–Crippen MR) is 82.1 cm³/mol. The topological polar surface area (TPSA) is 91.3 Å². The lowest BCUT2D eigenvalue weighted by molar-refractivity contribution is -0.384. The van der Waals surface area contributed by atoms with E-state index in [1.165, 1.54) is 42.5 Å². The highest BCUT2D eigenvalue weighted by Gasteiger charge is 2.13. The molecule has 0 bridgehead atoms. The lowest BCUT2D eigenvalue weighted by Crippen LogP contribution is -1.97. The second-order valence-corrected chi connectivity index (χ2v) is 5.09. The quantitative estimate of drug-likeness (QED) is 0.510. The maximum Gasteiger partial charge on any atom is 0.271 e. The summed E-state index contributed by atoms with van der Waals surface area (Å²) in [5, 5.41) is 14.5. The molecule has 1 aromatic heterocycles. The Balaban J connectivity index is 1.69. The van der Waals surface area contributed by atoms with Gasteiger partial charge in [-0.2, -0.15) is 4.98 Å². The zero-order valence-electron chi connectivity index (χ0n) is 12.0. The van der Waals surface area contributed by atoms with Crippen molar-refractivity contribution in [1.29, 1.82) is 0 Å². The summed E-state index contributed by atoms with van der Waals surface area (Å²) in [6.45, 7) is -0.0638. The van der Waals surface area contributed by atoms with E-state index < -0.39 is 4.92 Å². The number of ether oxygens (including phenoxy) is 1. The minimum Gasteiger partial charge on any atom is -0.482 e. The SMILES string of the molecule is O=[N+]([O-])c1ccc(OCc2nc(-c3ccc(F)cc3)no2)c(Cl)c1. The molecule has 3 rings (SSSR count). The van der Waals surface area contributed by atoms with Gasteiger partial charge < -0.3 is 9.26 Å². The van der Waals surface area contributed by atoms with Crippen LogP contribution in [0.3, 0.4) is 0 Å². The van der Waals surface area contributed by atoms with Gasteiger partial charge in [0, 0.05) is 17.7 Å². The molecule has 7 nitrogen and oxygen atoms in total. The fraction of sp³-hybridized carbons (Fsp3) is 0.0667. The number of benzene rings is 2. The third kappa shape index (κ3) is 3.49. The minimum atomic E-state index is -0.553. The van der Waals surface area contributed by atoms with E-state index in [0.717, 1.165) is 0 Å². The van der Waals surface area contributed by atoms with Crippen LogP contribution in [0.25, 0.3) is 11.4 Å². The number of halogens is 2. The molecule has 9 heteroatoms. The number of hydrogen-bond acceptors (Lipinski definition) is 6. The van der Waals surface area contributed by atoms with Crippen molar-refractivity contribution in [3.63, 3.8) is 0 Å². The normalized spacial score (nSPS) is 10.6. The lowest BCUT2D eigenvalue weighted by atomic mass is 10.2. The van der Waals surface area contributed by atoms with E-state index in [9.17, 15) is 14.5 Å². The Morgan fingerprint density at radius 2 is 2.00 bits per heavy atom. The summed E-state index contributed by atoms with van der Waals surface area (Å²) in [6.07, 6.45) is 0. The van der Waals surface area contributed by atoms with E-state index in [4.69, 9.17) is 20.9 Å². The van der Waals surface area contributed by atoms with Crippen molar-refractivity contribution in [2.45, 2.75) is 6.61 Å². The maximum absolute atomic E-state index is 12.9. The van der Waals surface area contributed by atoms with E-state index in [2.05, 4.69) is 10.1 Å². The van der Waals surface area contributed by atoms with Crippen LogP contribution in [0.4, 0.5) is 10.1 Å². The van der Waals surface area contributed by atoms with Gasteiger partial charge in [0.1, 0.15) is 11.6 Å². The summed E-state index contributed by atoms with van der Waals surface area (Å²) in [4.78, 5) is 14.2. The standard InChI is InChI=1S/C15H9ClFN3O4/c16-12-7-11(20(21)22)5-6-13(12)23-8-14-18-15(19-24-14)9-1-3-10(17)4-2-9/h1-7H,8H2. The summed E-state index contributed by atoms with van der Waals surface area (Å²) >= 11 is 5.92. The molecule has 1 heterocycles. The Morgan fingerprint density at radius 1 is 1.25 bits per heavy atom. The number of aromatic nitrogens is 2. The van der Waals surface area contributed by atoms with E-state index in [1.807, 2.05) is 0 Å². The van der Waals surface area contributed by atoms with Crippen LogP contribution in [-0.4, -0.2) is 15.1 Å². The molecule has 2 aromatic carbocycles. The van der Waals surface area contributed by atoms with Crippen LogP contribution in [0.2, 0.25) is 5.02 Å². The first-order valence-corrected chi connectivity index (χ1v) is 7.06. The van der Waals surface area contributed by atoms with Gasteiger partial charge in [0.25, 0.3) is 11.6 Å². The van der Waals surface area contributed by atoms with Crippen molar-refractivity contribution in [3.8, 4) is 17.1 Å². The number of non-ortho nitro benzene ring substituents is 1. The molecule has 0 aliphatic heterocycles. The van der Waals surface area contributed by atoms with Gasteiger partial charge in [-0.15, -0.1) is 0 Å². The molecule has 0 aliphatic carbocycles. The fourth-order valence-corrected chi connectivity index (χ4v) is 2.12. The Hall–Kier alpha value is -3.00. The average molecular weight is 350 g/mol. The zero-order valence-corrected chi connectivity index (χ0v) is 12.7. The van der Waals surface area contributed by atoms with E-state index >= 15 is 0 Å². The number of nitrogens with zero attached hydrogens (tertiary/aromatic N) is 3. The van der Waals surface area contributed by atoms with E-state index in [1.54, 1.807) is 0 Å². The molecule has 0 saturated heterocycles. The Bertz CT molecular complexity index is 883. The summed E-state index contributed by atoms with van der Waals surface area (Å²) in [7, 11) is 0. The van der Waals surface area contributed by atoms with Crippen molar-refractivity contribution >= 4 is 17.3 Å². The molecule has 0 atom stereocenters. The average Bonchev–Trinajstić information content (AvgIpc) is 3.03. The van der Waals surface area contributed by atoms with Gasteiger partial charge >= 0.3 is 0 Å². The summed E-state index contributed by atoms with van der Waals surface area (Å²) in [5.41, 5.74) is 0.462. The Kier molecular flexibility index (Phi) is 4.39. The summed E-state index contributed by atoms with van der Waals surface area (Å²) < 4.78 is 23.4. The van der Waals surface area contributed by atoms with Gasteiger partial charge in [0.15, 0.2) is 6.61 Å². The molecule has 0 fully saturated rings. The highest BCUT2D eigenvalue weighted by atomic mass is 35.5. The molecular weight excluding hydrogens is 341 g/mol.